The molecule has 3 aromatic rings. The maximum Gasteiger partial charge on any atom is 0.227 e. The first-order valence-electron chi connectivity index (χ1n) is 8.26. The van der Waals surface area contributed by atoms with Crippen LogP contribution in [0, 0.1) is 6.92 Å². The van der Waals surface area contributed by atoms with E-state index in [9.17, 15) is 8.42 Å². The molecule has 0 bridgehead atoms. The molecule has 0 aliphatic heterocycles. The van der Waals surface area contributed by atoms with Crippen molar-refractivity contribution in [3.8, 4) is 22.2 Å². The third kappa shape index (κ3) is 4.30. The number of aryl methyl sites for hydroxylation is 2. The van der Waals surface area contributed by atoms with Gasteiger partial charge in [-0.1, -0.05) is 11.2 Å². The van der Waals surface area contributed by atoms with E-state index in [1.54, 1.807) is 13.0 Å². The van der Waals surface area contributed by atoms with Gasteiger partial charge in [0, 0.05) is 12.5 Å². The lowest BCUT2D eigenvalue weighted by molar-refractivity contribution is 0.353. The van der Waals surface area contributed by atoms with Crippen LogP contribution in [0.15, 0.2) is 39.1 Å². The average Bonchev–Trinajstić information content (AvgIpc) is 3.32. The van der Waals surface area contributed by atoms with Crippen LogP contribution >= 0.6 is 11.3 Å². The first-order valence-corrected chi connectivity index (χ1v) is 10.8. The van der Waals surface area contributed by atoms with Gasteiger partial charge in [-0.15, -0.1) is 11.3 Å². The number of rotatable bonds is 8. The van der Waals surface area contributed by atoms with Gasteiger partial charge in [-0.3, -0.25) is 0 Å². The Hall–Kier alpha value is -2.39. The molecule has 3 rings (SSSR count). The largest absolute Gasteiger partial charge is 0.493 e. The Balaban J connectivity index is 1.69. The molecule has 0 fully saturated rings. The fraction of sp³-hybridized carbons (Fsp3) is 0.333. The molecular weight excluding hydrogens is 388 g/mol. The highest BCUT2D eigenvalue weighted by Crippen LogP contribution is 2.33. The molecule has 0 aliphatic rings. The van der Waals surface area contributed by atoms with E-state index in [0.717, 1.165) is 4.88 Å². The monoisotopic (exact) mass is 408 g/mol. The first-order chi connectivity index (χ1) is 12.9. The van der Waals surface area contributed by atoms with E-state index in [1.807, 2.05) is 17.5 Å². The highest BCUT2D eigenvalue weighted by molar-refractivity contribution is 7.91. The number of aromatic nitrogens is 2. The lowest BCUT2D eigenvalue weighted by atomic mass is 10.2. The fourth-order valence-corrected chi connectivity index (χ4v) is 4.91. The summed E-state index contributed by atoms with van der Waals surface area (Å²) in [6, 6.07) is 6.99. The fourth-order valence-electron chi connectivity index (χ4n) is 2.68. The predicted octanol–water partition coefficient (Wildman–Crippen LogP) is 3.53. The summed E-state index contributed by atoms with van der Waals surface area (Å²) in [5.74, 6) is 1.82. The maximum absolute atomic E-state index is 12.7. The minimum absolute atomic E-state index is 0.0277. The Morgan fingerprint density at radius 2 is 1.93 bits per heavy atom. The second-order valence-electron chi connectivity index (χ2n) is 5.88. The van der Waals surface area contributed by atoms with Crippen LogP contribution in [0.1, 0.15) is 17.9 Å². The summed E-state index contributed by atoms with van der Waals surface area (Å²) in [5, 5.41) is 5.87. The van der Waals surface area contributed by atoms with Gasteiger partial charge in [-0.2, -0.15) is 4.98 Å². The van der Waals surface area contributed by atoms with Crippen molar-refractivity contribution < 1.29 is 22.4 Å². The molecule has 0 unspecified atom stereocenters. The van der Waals surface area contributed by atoms with Crippen LogP contribution in [0.4, 0.5) is 0 Å². The van der Waals surface area contributed by atoms with Crippen molar-refractivity contribution in [2.45, 2.75) is 24.7 Å². The molecule has 2 heterocycles. The molecule has 0 saturated heterocycles. The van der Waals surface area contributed by atoms with E-state index in [0.29, 0.717) is 41.6 Å². The van der Waals surface area contributed by atoms with Crippen LogP contribution in [0.25, 0.3) is 10.7 Å². The number of thiophene rings is 1. The molecule has 27 heavy (non-hydrogen) atoms. The van der Waals surface area contributed by atoms with Crippen molar-refractivity contribution in [3.63, 3.8) is 0 Å². The molecule has 0 saturated carbocycles. The predicted molar refractivity (Wildman–Crippen MR) is 102 cm³/mol. The van der Waals surface area contributed by atoms with Crippen LogP contribution in [0.5, 0.6) is 11.5 Å². The molecule has 0 aliphatic carbocycles. The average molecular weight is 409 g/mol. The summed E-state index contributed by atoms with van der Waals surface area (Å²) in [6.45, 7) is 1.74. The smallest absolute Gasteiger partial charge is 0.227 e. The minimum Gasteiger partial charge on any atom is -0.493 e. The molecule has 0 amide bonds. The summed E-state index contributed by atoms with van der Waals surface area (Å²) in [7, 11) is -0.488. The van der Waals surface area contributed by atoms with Crippen LogP contribution in [0.3, 0.4) is 0 Å². The van der Waals surface area contributed by atoms with Gasteiger partial charge in [0.25, 0.3) is 0 Å². The van der Waals surface area contributed by atoms with Crippen LogP contribution < -0.4 is 9.47 Å². The second kappa shape index (κ2) is 8.10. The molecule has 7 nitrogen and oxygen atoms in total. The van der Waals surface area contributed by atoms with E-state index < -0.39 is 9.84 Å². The van der Waals surface area contributed by atoms with Gasteiger partial charge in [0.05, 0.1) is 29.7 Å². The van der Waals surface area contributed by atoms with Crippen LogP contribution in [-0.2, 0) is 16.3 Å². The zero-order valence-corrected chi connectivity index (χ0v) is 16.9. The zero-order chi connectivity index (χ0) is 19.4. The number of hydrogen-bond acceptors (Lipinski definition) is 8. The van der Waals surface area contributed by atoms with Gasteiger partial charge in [0.1, 0.15) is 0 Å². The summed E-state index contributed by atoms with van der Waals surface area (Å²) in [6.07, 6.45) is 0.770. The molecule has 144 valence electrons. The van der Waals surface area contributed by atoms with Gasteiger partial charge in [-0.05, 0) is 36.4 Å². The molecule has 0 atom stereocenters. The Kier molecular flexibility index (Phi) is 5.81. The minimum atomic E-state index is -3.48. The topological polar surface area (TPSA) is 91.5 Å². The van der Waals surface area contributed by atoms with Crippen molar-refractivity contribution in [2.75, 3.05) is 20.0 Å². The van der Waals surface area contributed by atoms with E-state index in [4.69, 9.17) is 14.0 Å². The van der Waals surface area contributed by atoms with Crippen LogP contribution in [-0.4, -0.2) is 38.5 Å². The van der Waals surface area contributed by atoms with Gasteiger partial charge < -0.3 is 14.0 Å². The van der Waals surface area contributed by atoms with Crippen molar-refractivity contribution in [1.82, 2.24) is 10.1 Å². The quantitative estimate of drug-likeness (QED) is 0.563. The number of hydrogen-bond donors (Lipinski definition) is 0. The molecule has 2 aromatic heterocycles. The summed E-state index contributed by atoms with van der Waals surface area (Å²) in [4.78, 5) is 5.47. The van der Waals surface area contributed by atoms with E-state index in [1.165, 1.54) is 31.6 Å². The van der Waals surface area contributed by atoms with Crippen LogP contribution in [0.2, 0.25) is 0 Å². The first kappa shape index (κ1) is 19.4. The van der Waals surface area contributed by atoms with Crippen molar-refractivity contribution in [1.29, 1.82) is 0 Å². The van der Waals surface area contributed by atoms with E-state index in [2.05, 4.69) is 10.1 Å². The third-order valence-electron chi connectivity index (χ3n) is 4.03. The second-order valence-corrected chi connectivity index (χ2v) is 8.91. The number of methoxy groups -OCH3 is 2. The van der Waals surface area contributed by atoms with Gasteiger partial charge in [0.15, 0.2) is 21.3 Å². The highest BCUT2D eigenvalue weighted by Gasteiger charge is 2.21. The summed E-state index contributed by atoms with van der Waals surface area (Å²) >= 11 is 1.52. The summed E-state index contributed by atoms with van der Waals surface area (Å²) < 4.78 is 41.1. The number of ether oxygens (including phenoxy) is 2. The molecule has 9 heteroatoms. The van der Waals surface area contributed by atoms with Gasteiger partial charge in [-0.25, -0.2) is 8.42 Å². The zero-order valence-electron chi connectivity index (χ0n) is 15.3. The summed E-state index contributed by atoms with van der Waals surface area (Å²) in [5.41, 5.74) is 0.616. The Labute approximate surface area is 161 Å². The normalized spacial score (nSPS) is 11.5. The SMILES string of the molecule is COc1cc(C)c(S(=O)(=O)CCCc2nc(-c3cccs3)no2)cc1OC. The Morgan fingerprint density at radius 3 is 2.59 bits per heavy atom. The van der Waals surface area contributed by atoms with Gasteiger partial charge in [0.2, 0.25) is 11.7 Å². The molecule has 1 aromatic carbocycles. The Morgan fingerprint density at radius 1 is 1.19 bits per heavy atom. The molecule has 0 spiro atoms. The lowest BCUT2D eigenvalue weighted by Crippen LogP contribution is -2.10. The molecule has 0 radical (unpaired) electrons. The van der Waals surface area contributed by atoms with Crippen molar-refractivity contribution in [2.24, 2.45) is 0 Å². The number of nitrogens with zero attached hydrogens (tertiary/aromatic N) is 2. The highest BCUT2D eigenvalue weighted by atomic mass is 32.2. The molecule has 0 N–H and O–H groups in total. The van der Waals surface area contributed by atoms with E-state index in [-0.39, 0.29) is 10.6 Å². The van der Waals surface area contributed by atoms with Crippen molar-refractivity contribution in [3.05, 3.63) is 41.1 Å². The number of benzene rings is 1. The molecular formula is C18H20N2O5S2. The standard InChI is InChI=1S/C18H20N2O5S2/c1-12-10-13(23-2)14(24-3)11-16(12)27(21,22)9-5-7-17-19-18(20-25-17)15-6-4-8-26-15/h4,6,8,10-11H,5,7,9H2,1-3H3. The van der Waals surface area contributed by atoms with Crippen molar-refractivity contribution >= 4 is 21.2 Å². The third-order valence-corrected chi connectivity index (χ3v) is 6.83. The lowest BCUT2D eigenvalue weighted by Gasteiger charge is -2.13. The van der Waals surface area contributed by atoms with Gasteiger partial charge >= 0.3 is 0 Å². The Bertz CT molecular complexity index is 1010. The maximum atomic E-state index is 12.7. The number of sulfone groups is 1. The van der Waals surface area contributed by atoms with E-state index >= 15 is 0 Å².